The Balaban J connectivity index is 2.06. The first kappa shape index (κ1) is 14.8. The van der Waals surface area contributed by atoms with Gasteiger partial charge in [0.2, 0.25) is 0 Å². The third-order valence-corrected chi connectivity index (χ3v) is 4.66. The van der Waals surface area contributed by atoms with Crippen LogP contribution < -0.4 is 5.56 Å². The van der Waals surface area contributed by atoms with E-state index in [1.54, 1.807) is 16.8 Å². The monoisotopic (exact) mass is 343 g/mol. The SMILES string of the molecule is Cc1ccc(-n2c3cc(F)ccc3c3nc4ccccc4c(=O)n32)cc1. The molecular weight excluding hydrogens is 329 g/mol. The zero-order valence-electron chi connectivity index (χ0n) is 14.0. The van der Waals surface area contributed by atoms with E-state index >= 15 is 0 Å². The van der Waals surface area contributed by atoms with Crippen molar-refractivity contribution in [3.63, 3.8) is 0 Å². The van der Waals surface area contributed by atoms with Gasteiger partial charge in [-0.15, -0.1) is 0 Å². The summed E-state index contributed by atoms with van der Waals surface area (Å²) in [5, 5.41) is 1.26. The van der Waals surface area contributed by atoms with Gasteiger partial charge >= 0.3 is 0 Å². The lowest BCUT2D eigenvalue weighted by molar-refractivity contribution is 0.628. The topological polar surface area (TPSA) is 39.3 Å². The molecule has 0 fully saturated rings. The quantitative estimate of drug-likeness (QED) is 0.457. The van der Waals surface area contributed by atoms with E-state index in [0.717, 1.165) is 16.6 Å². The molecule has 0 saturated heterocycles. The number of hydrogen-bond donors (Lipinski definition) is 0. The molecule has 26 heavy (non-hydrogen) atoms. The maximum Gasteiger partial charge on any atom is 0.281 e. The van der Waals surface area contributed by atoms with Crippen LogP contribution in [0.4, 0.5) is 4.39 Å². The number of para-hydroxylation sites is 1. The minimum Gasteiger partial charge on any atom is -0.267 e. The highest BCUT2D eigenvalue weighted by atomic mass is 19.1. The van der Waals surface area contributed by atoms with Gasteiger partial charge < -0.3 is 0 Å². The average molecular weight is 343 g/mol. The molecule has 0 aliphatic carbocycles. The van der Waals surface area contributed by atoms with Crippen LogP contribution in [0.5, 0.6) is 0 Å². The number of nitrogens with zero attached hydrogens (tertiary/aromatic N) is 3. The zero-order valence-corrected chi connectivity index (χ0v) is 14.0. The Hall–Kier alpha value is -3.47. The standard InChI is InChI=1S/C21H14FN3O/c1-13-6-9-15(10-7-13)24-19-12-14(22)8-11-17(19)20-23-18-5-3-2-4-16(18)21(26)25(20)24/h2-12H,1H3. The van der Waals surface area contributed by atoms with Gasteiger partial charge in [-0.3, -0.25) is 4.79 Å². The fourth-order valence-electron chi connectivity index (χ4n) is 3.40. The Morgan fingerprint density at radius 2 is 1.69 bits per heavy atom. The Kier molecular flexibility index (Phi) is 3.00. The zero-order chi connectivity index (χ0) is 17.8. The molecule has 126 valence electrons. The Morgan fingerprint density at radius 3 is 2.50 bits per heavy atom. The highest BCUT2D eigenvalue weighted by Crippen LogP contribution is 2.26. The second-order valence-corrected chi connectivity index (χ2v) is 6.38. The van der Waals surface area contributed by atoms with E-state index in [1.807, 2.05) is 49.4 Å². The van der Waals surface area contributed by atoms with Crippen molar-refractivity contribution in [1.82, 2.24) is 14.2 Å². The average Bonchev–Trinajstić information content (AvgIpc) is 2.96. The first-order chi connectivity index (χ1) is 12.6. The van der Waals surface area contributed by atoms with E-state index in [0.29, 0.717) is 22.1 Å². The van der Waals surface area contributed by atoms with Crippen molar-refractivity contribution in [2.24, 2.45) is 0 Å². The van der Waals surface area contributed by atoms with Gasteiger partial charge in [0.15, 0.2) is 5.65 Å². The van der Waals surface area contributed by atoms with Gasteiger partial charge in [0.1, 0.15) is 5.82 Å². The predicted octanol–water partition coefficient (Wildman–Crippen LogP) is 4.24. The molecule has 0 bridgehead atoms. The highest BCUT2D eigenvalue weighted by molar-refractivity contribution is 5.96. The molecular formula is C21H14FN3O. The second-order valence-electron chi connectivity index (χ2n) is 6.38. The van der Waals surface area contributed by atoms with Crippen molar-refractivity contribution in [1.29, 1.82) is 0 Å². The van der Waals surface area contributed by atoms with Crippen molar-refractivity contribution in [2.75, 3.05) is 0 Å². The number of aromatic nitrogens is 3. The van der Waals surface area contributed by atoms with Crippen LogP contribution in [0.3, 0.4) is 0 Å². The van der Waals surface area contributed by atoms with Crippen molar-refractivity contribution < 1.29 is 4.39 Å². The molecule has 0 saturated carbocycles. The van der Waals surface area contributed by atoms with Gasteiger partial charge in [-0.05, 0) is 43.3 Å². The summed E-state index contributed by atoms with van der Waals surface area (Å²) in [5.74, 6) is -0.355. The number of benzene rings is 3. The lowest BCUT2D eigenvalue weighted by atomic mass is 10.2. The molecule has 0 N–H and O–H groups in total. The van der Waals surface area contributed by atoms with Gasteiger partial charge in [-0.2, -0.15) is 4.52 Å². The van der Waals surface area contributed by atoms with Gasteiger partial charge in [-0.1, -0.05) is 29.8 Å². The fourth-order valence-corrected chi connectivity index (χ4v) is 3.40. The van der Waals surface area contributed by atoms with E-state index in [1.165, 1.54) is 16.6 Å². The lowest BCUT2D eigenvalue weighted by Crippen LogP contribution is -2.20. The van der Waals surface area contributed by atoms with Gasteiger partial charge in [0.05, 0.1) is 22.1 Å². The molecule has 5 rings (SSSR count). The summed E-state index contributed by atoms with van der Waals surface area (Å²) in [6.45, 7) is 2.00. The van der Waals surface area contributed by atoms with Crippen molar-refractivity contribution in [2.45, 2.75) is 6.92 Å². The summed E-state index contributed by atoms with van der Waals surface area (Å²) < 4.78 is 17.2. The number of fused-ring (bicyclic) bond motifs is 4. The largest absolute Gasteiger partial charge is 0.281 e. The van der Waals surface area contributed by atoms with E-state index in [4.69, 9.17) is 0 Å². The molecule has 0 unspecified atom stereocenters. The maximum absolute atomic E-state index is 14.0. The lowest BCUT2D eigenvalue weighted by Gasteiger charge is -2.09. The number of aryl methyl sites for hydroxylation is 1. The van der Waals surface area contributed by atoms with Crippen LogP contribution in [0, 0.1) is 12.7 Å². The molecule has 0 atom stereocenters. The van der Waals surface area contributed by atoms with Gasteiger partial charge in [-0.25, -0.2) is 14.1 Å². The van der Waals surface area contributed by atoms with Gasteiger partial charge in [0, 0.05) is 11.5 Å². The van der Waals surface area contributed by atoms with E-state index in [-0.39, 0.29) is 11.4 Å². The normalized spacial score (nSPS) is 11.6. The summed E-state index contributed by atoms with van der Waals surface area (Å²) in [7, 11) is 0. The molecule has 0 amide bonds. The van der Waals surface area contributed by atoms with Crippen LogP contribution in [-0.4, -0.2) is 14.2 Å². The molecule has 5 aromatic rings. The van der Waals surface area contributed by atoms with E-state index in [9.17, 15) is 9.18 Å². The molecule has 3 aromatic carbocycles. The number of rotatable bonds is 1. The molecule has 4 nitrogen and oxygen atoms in total. The van der Waals surface area contributed by atoms with E-state index < -0.39 is 0 Å². The minimum atomic E-state index is -0.355. The van der Waals surface area contributed by atoms with Crippen LogP contribution in [0.1, 0.15) is 5.56 Å². The fraction of sp³-hybridized carbons (Fsp3) is 0.0476. The first-order valence-electron chi connectivity index (χ1n) is 8.32. The Morgan fingerprint density at radius 1 is 0.923 bits per heavy atom. The third kappa shape index (κ3) is 2.00. The van der Waals surface area contributed by atoms with Crippen LogP contribution in [0.25, 0.3) is 33.1 Å². The first-order valence-corrected chi connectivity index (χ1v) is 8.32. The molecule has 0 aliphatic heterocycles. The van der Waals surface area contributed by atoms with Crippen molar-refractivity contribution in [3.8, 4) is 5.69 Å². The van der Waals surface area contributed by atoms with Crippen LogP contribution >= 0.6 is 0 Å². The molecule has 2 aromatic heterocycles. The van der Waals surface area contributed by atoms with Crippen molar-refractivity contribution >= 4 is 27.5 Å². The third-order valence-electron chi connectivity index (χ3n) is 4.66. The molecule has 2 heterocycles. The Labute approximate surface area is 147 Å². The summed E-state index contributed by atoms with van der Waals surface area (Å²) in [6.07, 6.45) is 0. The molecule has 0 aliphatic rings. The molecule has 0 radical (unpaired) electrons. The second kappa shape index (κ2) is 5.26. The smallest absolute Gasteiger partial charge is 0.267 e. The van der Waals surface area contributed by atoms with E-state index in [2.05, 4.69) is 4.98 Å². The molecule has 0 spiro atoms. The van der Waals surface area contributed by atoms with Crippen LogP contribution in [-0.2, 0) is 0 Å². The predicted molar refractivity (Wildman–Crippen MR) is 100 cm³/mol. The maximum atomic E-state index is 14.0. The number of hydrogen-bond acceptors (Lipinski definition) is 2. The van der Waals surface area contributed by atoms with Gasteiger partial charge in [0.25, 0.3) is 5.56 Å². The summed E-state index contributed by atoms with van der Waals surface area (Å²) in [4.78, 5) is 17.9. The summed E-state index contributed by atoms with van der Waals surface area (Å²) in [6, 6.07) is 19.5. The van der Waals surface area contributed by atoms with Crippen molar-refractivity contribution in [3.05, 3.63) is 88.5 Å². The Bertz CT molecular complexity index is 1360. The molecule has 5 heteroatoms. The van der Waals surface area contributed by atoms with Crippen LogP contribution in [0.15, 0.2) is 71.5 Å². The number of halogens is 1. The highest BCUT2D eigenvalue weighted by Gasteiger charge is 2.17. The minimum absolute atomic E-state index is 0.178. The summed E-state index contributed by atoms with van der Waals surface area (Å²) >= 11 is 0. The van der Waals surface area contributed by atoms with Crippen LogP contribution in [0.2, 0.25) is 0 Å². The summed E-state index contributed by atoms with van der Waals surface area (Å²) in [5.41, 5.74) is 3.46.